The van der Waals surface area contributed by atoms with Gasteiger partial charge in [0.1, 0.15) is 0 Å². The molecule has 0 saturated heterocycles. The molecule has 0 amide bonds. The Morgan fingerprint density at radius 3 is 1.66 bits per heavy atom. The summed E-state index contributed by atoms with van der Waals surface area (Å²) in [5.41, 5.74) is 14.4. The van der Waals surface area contributed by atoms with E-state index in [2.05, 4.69) is 209 Å². The molecule has 0 bridgehead atoms. The van der Waals surface area contributed by atoms with Gasteiger partial charge >= 0.3 is 0 Å². The van der Waals surface area contributed by atoms with Gasteiger partial charge in [0, 0.05) is 50.9 Å². The van der Waals surface area contributed by atoms with Gasteiger partial charge in [-0.15, -0.1) is 0 Å². The Labute approximate surface area is 293 Å². The predicted octanol–water partition coefficient (Wildman–Crippen LogP) is 10.4. The van der Waals surface area contributed by atoms with Crippen LogP contribution in [0.1, 0.15) is 0 Å². The van der Waals surface area contributed by atoms with Crippen molar-refractivity contribution in [1.29, 1.82) is 0 Å². The lowest BCUT2D eigenvalue weighted by Gasteiger charge is -2.44. The Kier molecular flexibility index (Phi) is 6.60. The molecular formula is C46H32BN3. The van der Waals surface area contributed by atoms with Crippen LogP contribution in [0.25, 0.3) is 10.8 Å². The van der Waals surface area contributed by atoms with Gasteiger partial charge in [-0.25, -0.2) is 0 Å². The standard InChI is InChI=1S/C46H32BN3/c1-4-18-34(19-5-1)48(41-27-14-17-33-16-10-11-24-38(33)41)37-30-31-40-45(32-37)50(36-22-8-3-9-23-36)44-29-15-28-43-46(44)47(40)39-25-12-13-26-42(39)49(43)35-20-6-2-7-21-35/h1-32H. The van der Waals surface area contributed by atoms with Crippen molar-refractivity contribution in [2.75, 3.05) is 14.7 Å². The summed E-state index contributed by atoms with van der Waals surface area (Å²) in [5.74, 6) is 0. The van der Waals surface area contributed by atoms with Crippen molar-refractivity contribution >= 4 is 85.1 Å². The number of hydrogen-bond donors (Lipinski definition) is 0. The molecule has 10 rings (SSSR count). The number of hydrogen-bond acceptors (Lipinski definition) is 3. The second-order valence-corrected chi connectivity index (χ2v) is 13.0. The summed E-state index contributed by atoms with van der Waals surface area (Å²) in [5, 5.41) is 2.44. The topological polar surface area (TPSA) is 9.72 Å². The molecule has 0 fully saturated rings. The maximum absolute atomic E-state index is 2.47. The molecular weight excluding hydrogens is 605 g/mol. The number of anilines is 9. The second-order valence-electron chi connectivity index (χ2n) is 13.0. The van der Waals surface area contributed by atoms with Crippen LogP contribution in [0.4, 0.5) is 51.2 Å². The largest absolute Gasteiger partial charge is 0.311 e. The number of rotatable bonds is 5. The van der Waals surface area contributed by atoms with E-state index in [1.165, 1.54) is 49.9 Å². The molecule has 8 aromatic rings. The Bertz CT molecular complexity index is 2510. The molecule has 0 atom stereocenters. The first-order chi connectivity index (χ1) is 24.8. The van der Waals surface area contributed by atoms with Gasteiger partial charge in [0.05, 0.1) is 5.69 Å². The fourth-order valence-corrected chi connectivity index (χ4v) is 8.13. The van der Waals surface area contributed by atoms with Crippen LogP contribution in [0.2, 0.25) is 0 Å². The van der Waals surface area contributed by atoms with E-state index in [9.17, 15) is 0 Å². The van der Waals surface area contributed by atoms with Crippen molar-refractivity contribution in [2.45, 2.75) is 0 Å². The number of para-hydroxylation sites is 4. The molecule has 0 aliphatic carbocycles. The van der Waals surface area contributed by atoms with E-state index in [0.717, 1.165) is 28.4 Å². The van der Waals surface area contributed by atoms with E-state index in [0.29, 0.717) is 0 Å². The summed E-state index contributed by atoms with van der Waals surface area (Å²) < 4.78 is 0. The minimum absolute atomic E-state index is 0.0732. The van der Waals surface area contributed by atoms with Crippen LogP contribution in [0.15, 0.2) is 194 Å². The summed E-state index contributed by atoms with van der Waals surface area (Å²) in [6.45, 7) is 0.0732. The number of benzene rings is 8. The third-order valence-corrected chi connectivity index (χ3v) is 10.2. The first-order valence-corrected chi connectivity index (χ1v) is 17.2. The Hall–Kier alpha value is -6.52. The third-order valence-electron chi connectivity index (χ3n) is 10.2. The van der Waals surface area contributed by atoms with Crippen molar-refractivity contribution in [1.82, 2.24) is 0 Å². The van der Waals surface area contributed by atoms with E-state index in [-0.39, 0.29) is 6.71 Å². The molecule has 50 heavy (non-hydrogen) atoms. The van der Waals surface area contributed by atoms with Crippen molar-refractivity contribution in [2.24, 2.45) is 0 Å². The van der Waals surface area contributed by atoms with Gasteiger partial charge in [-0.05, 0) is 94.6 Å². The van der Waals surface area contributed by atoms with Crippen LogP contribution in [-0.4, -0.2) is 6.71 Å². The zero-order valence-electron chi connectivity index (χ0n) is 27.4. The van der Waals surface area contributed by atoms with Crippen LogP contribution in [-0.2, 0) is 0 Å². The Morgan fingerprint density at radius 1 is 0.380 bits per heavy atom. The fraction of sp³-hybridized carbons (Fsp3) is 0. The molecule has 0 saturated carbocycles. The molecule has 0 spiro atoms. The minimum Gasteiger partial charge on any atom is -0.311 e. The van der Waals surface area contributed by atoms with Crippen molar-refractivity contribution in [3.05, 3.63) is 194 Å². The van der Waals surface area contributed by atoms with E-state index in [4.69, 9.17) is 0 Å². The fourth-order valence-electron chi connectivity index (χ4n) is 8.13. The summed E-state index contributed by atoms with van der Waals surface area (Å²) in [7, 11) is 0. The lowest BCUT2D eigenvalue weighted by molar-refractivity contribution is 1.24. The molecule has 4 heteroatoms. The molecule has 2 heterocycles. The number of fused-ring (bicyclic) bond motifs is 5. The van der Waals surface area contributed by atoms with Crippen LogP contribution in [0, 0.1) is 0 Å². The number of nitrogens with zero attached hydrogens (tertiary/aromatic N) is 3. The summed E-state index contributed by atoms with van der Waals surface area (Å²) in [4.78, 5) is 7.31. The van der Waals surface area contributed by atoms with Crippen LogP contribution in [0.5, 0.6) is 0 Å². The van der Waals surface area contributed by atoms with E-state index < -0.39 is 0 Å². The van der Waals surface area contributed by atoms with Crippen molar-refractivity contribution in [3.63, 3.8) is 0 Å². The van der Waals surface area contributed by atoms with Gasteiger partial charge < -0.3 is 14.7 Å². The van der Waals surface area contributed by atoms with E-state index in [1.54, 1.807) is 0 Å². The van der Waals surface area contributed by atoms with Crippen LogP contribution in [0.3, 0.4) is 0 Å². The van der Waals surface area contributed by atoms with Gasteiger partial charge in [0.2, 0.25) is 0 Å². The smallest absolute Gasteiger partial charge is 0.252 e. The monoisotopic (exact) mass is 637 g/mol. The molecule has 0 N–H and O–H groups in total. The highest BCUT2D eigenvalue weighted by atomic mass is 15.2. The first kappa shape index (κ1) is 28.5. The van der Waals surface area contributed by atoms with Crippen LogP contribution < -0.4 is 31.1 Å². The lowest BCUT2D eigenvalue weighted by atomic mass is 9.33. The quantitative estimate of drug-likeness (QED) is 0.174. The van der Waals surface area contributed by atoms with Gasteiger partial charge in [-0.1, -0.05) is 121 Å². The van der Waals surface area contributed by atoms with E-state index in [1.807, 2.05) is 0 Å². The van der Waals surface area contributed by atoms with Crippen molar-refractivity contribution in [3.8, 4) is 0 Å². The van der Waals surface area contributed by atoms with Crippen molar-refractivity contribution < 1.29 is 0 Å². The third kappa shape index (κ3) is 4.39. The van der Waals surface area contributed by atoms with E-state index >= 15 is 0 Å². The molecule has 0 unspecified atom stereocenters. The van der Waals surface area contributed by atoms with Gasteiger partial charge in [0.15, 0.2) is 0 Å². The summed E-state index contributed by atoms with van der Waals surface area (Å²) in [6, 6.07) is 70.4. The van der Waals surface area contributed by atoms with Gasteiger partial charge in [0.25, 0.3) is 6.71 Å². The minimum atomic E-state index is 0.0732. The zero-order chi connectivity index (χ0) is 33.0. The Balaban J connectivity index is 1.25. The maximum atomic E-state index is 2.47. The molecule has 0 radical (unpaired) electrons. The lowest BCUT2D eigenvalue weighted by Crippen LogP contribution is -2.61. The Morgan fingerprint density at radius 2 is 0.920 bits per heavy atom. The summed E-state index contributed by atoms with van der Waals surface area (Å²) >= 11 is 0. The molecule has 0 aromatic heterocycles. The molecule has 2 aliphatic rings. The highest BCUT2D eigenvalue weighted by Gasteiger charge is 2.43. The highest BCUT2D eigenvalue weighted by Crippen LogP contribution is 2.46. The average molecular weight is 638 g/mol. The average Bonchev–Trinajstić information content (AvgIpc) is 3.19. The SMILES string of the molecule is c1ccc(N2c3ccccc3B3c4ccc(N(c5ccccc5)c5cccc6ccccc56)cc4N(c4ccccc4)c4cccc2c43)cc1. The first-order valence-electron chi connectivity index (χ1n) is 17.2. The normalized spacial score (nSPS) is 12.7. The molecule has 8 aromatic carbocycles. The molecule has 234 valence electrons. The predicted molar refractivity (Wildman–Crippen MR) is 213 cm³/mol. The molecule has 3 nitrogen and oxygen atoms in total. The second kappa shape index (κ2) is 11.6. The van der Waals surface area contributed by atoms with Gasteiger partial charge in [-0.3, -0.25) is 0 Å². The maximum Gasteiger partial charge on any atom is 0.252 e. The summed E-state index contributed by atoms with van der Waals surface area (Å²) in [6.07, 6.45) is 0. The van der Waals surface area contributed by atoms with Crippen LogP contribution >= 0.6 is 0 Å². The molecule has 2 aliphatic heterocycles. The highest BCUT2D eigenvalue weighted by molar-refractivity contribution is 7.00. The zero-order valence-corrected chi connectivity index (χ0v) is 27.4. The van der Waals surface area contributed by atoms with Gasteiger partial charge in [-0.2, -0.15) is 0 Å².